The number of amides is 6. The highest BCUT2D eigenvalue weighted by Crippen LogP contribution is 2.29. The Morgan fingerprint density at radius 3 is 1.43 bits per heavy atom. The predicted molar refractivity (Wildman–Crippen MR) is 250 cm³/mol. The number of aromatic amines is 2. The molecule has 2 aliphatic heterocycles. The fraction of sp³-hybridized carbons (Fsp3) is 0.551. The molecule has 6 amide bonds. The second-order valence-corrected chi connectivity index (χ2v) is 19.9. The fourth-order valence-electron chi connectivity index (χ4n) is 8.95. The van der Waals surface area contributed by atoms with E-state index in [9.17, 15) is 28.8 Å². The van der Waals surface area contributed by atoms with Crippen molar-refractivity contribution in [2.45, 2.75) is 149 Å². The zero-order valence-corrected chi connectivity index (χ0v) is 39.4. The van der Waals surface area contributed by atoms with Crippen molar-refractivity contribution < 1.29 is 33.5 Å². The summed E-state index contributed by atoms with van der Waals surface area (Å²) < 4.78 is 6.54. The van der Waals surface area contributed by atoms with Crippen molar-refractivity contribution in [2.75, 3.05) is 0 Å². The summed E-state index contributed by atoms with van der Waals surface area (Å²) in [6, 6.07) is 8.16. The largest absolute Gasteiger partial charge is 0.361 e. The molecule has 16 heteroatoms. The smallest absolute Gasteiger partial charge is 0.243 e. The minimum absolute atomic E-state index is 0.0609. The Hall–Kier alpha value is -5.74. The Labute approximate surface area is 381 Å². The quantitative estimate of drug-likeness (QED) is 0.113. The molecule has 352 valence electrons. The number of carbonyl (C=O) groups is 6. The number of aromatic nitrogens is 2. The molecule has 4 aromatic rings. The number of nitrogens with one attached hydrogen (secondary N) is 9. The molecule has 8 atom stereocenters. The van der Waals surface area contributed by atoms with Gasteiger partial charge in [0.05, 0.1) is 11.6 Å². The first-order valence-electron chi connectivity index (χ1n) is 23.1. The molecule has 2 aromatic carbocycles. The molecule has 0 aliphatic carbocycles. The number of H-pyrrole nitrogens is 2. The van der Waals surface area contributed by atoms with Gasteiger partial charge >= 0.3 is 0 Å². The summed E-state index contributed by atoms with van der Waals surface area (Å²) in [5, 5.41) is 22.9. The van der Waals surface area contributed by atoms with Crippen molar-refractivity contribution in [1.82, 2.24) is 47.2 Å². The van der Waals surface area contributed by atoms with Gasteiger partial charge in [-0.05, 0) is 73.6 Å². The number of ether oxygens (including phenoxy) is 1. The van der Waals surface area contributed by atoms with Crippen LogP contribution in [0.4, 0.5) is 0 Å². The van der Waals surface area contributed by atoms with Gasteiger partial charge in [0.2, 0.25) is 35.4 Å². The lowest BCUT2D eigenvalue weighted by Gasteiger charge is -2.31. The van der Waals surface area contributed by atoms with Crippen LogP contribution in [0.3, 0.4) is 0 Å². The van der Waals surface area contributed by atoms with E-state index in [1.807, 2.05) is 82.4 Å². The normalized spacial score (nSPS) is 26.5. The maximum atomic E-state index is 14.7. The van der Waals surface area contributed by atoms with Gasteiger partial charge in [-0.2, -0.15) is 0 Å². The summed E-state index contributed by atoms with van der Waals surface area (Å²) >= 11 is 0. The van der Waals surface area contributed by atoms with Crippen LogP contribution in [-0.4, -0.2) is 99.5 Å². The third kappa shape index (κ3) is 11.8. The molecule has 2 aromatic heterocycles. The lowest BCUT2D eigenvalue weighted by Crippen LogP contribution is -2.61. The van der Waals surface area contributed by atoms with E-state index in [2.05, 4.69) is 47.2 Å². The molecular formula is C49H69N9O7. The van der Waals surface area contributed by atoms with Crippen LogP contribution in [0.25, 0.3) is 21.8 Å². The number of benzene rings is 2. The highest BCUT2D eigenvalue weighted by atomic mass is 16.5. The van der Waals surface area contributed by atoms with E-state index in [4.69, 9.17) is 4.74 Å². The molecule has 16 nitrogen and oxygen atoms in total. The van der Waals surface area contributed by atoms with Crippen molar-refractivity contribution in [3.63, 3.8) is 0 Å². The molecule has 0 saturated carbocycles. The van der Waals surface area contributed by atoms with Gasteiger partial charge in [-0.1, -0.05) is 91.8 Å². The first-order valence-corrected chi connectivity index (χ1v) is 23.1. The van der Waals surface area contributed by atoms with E-state index in [1.165, 1.54) is 0 Å². The number of para-hydroxylation sites is 2. The molecule has 0 spiro atoms. The first-order chi connectivity index (χ1) is 30.7. The molecule has 65 heavy (non-hydrogen) atoms. The number of carbonyl (C=O) groups excluding carboxylic acids is 6. The summed E-state index contributed by atoms with van der Waals surface area (Å²) in [4.78, 5) is 93.3. The van der Waals surface area contributed by atoms with E-state index in [0.717, 1.165) is 32.9 Å². The Kier molecular flexibility index (Phi) is 15.4. The highest BCUT2D eigenvalue weighted by Gasteiger charge is 2.49. The lowest BCUT2D eigenvalue weighted by atomic mass is 9.96. The monoisotopic (exact) mass is 896 g/mol. The van der Waals surface area contributed by atoms with Crippen LogP contribution in [-0.2, 0) is 46.3 Å². The topological polar surface area (TPSA) is 227 Å². The predicted octanol–water partition coefficient (Wildman–Crippen LogP) is 3.85. The zero-order chi connectivity index (χ0) is 47.3. The van der Waals surface area contributed by atoms with Crippen LogP contribution in [0, 0.1) is 23.7 Å². The van der Waals surface area contributed by atoms with Crippen LogP contribution < -0.4 is 37.2 Å². The summed E-state index contributed by atoms with van der Waals surface area (Å²) in [6.45, 7) is 18.6. The van der Waals surface area contributed by atoms with E-state index in [1.54, 1.807) is 47.7 Å². The molecule has 2 bridgehead atoms. The van der Waals surface area contributed by atoms with Gasteiger partial charge in [-0.15, -0.1) is 0 Å². The maximum Gasteiger partial charge on any atom is 0.243 e. The van der Waals surface area contributed by atoms with E-state index >= 15 is 0 Å². The summed E-state index contributed by atoms with van der Waals surface area (Å²) in [5.41, 5.74) is 2.20. The third-order valence-corrected chi connectivity index (χ3v) is 12.4. The Bertz CT molecular complexity index is 2350. The molecule has 1 unspecified atom stereocenters. The van der Waals surface area contributed by atoms with Crippen LogP contribution in [0.1, 0.15) is 93.2 Å². The number of hydrogen-bond acceptors (Lipinski definition) is 8. The first kappa shape index (κ1) is 48.7. The van der Waals surface area contributed by atoms with Crippen LogP contribution in [0.5, 0.6) is 0 Å². The van der Waals surface area contributed by atoms with Crippen LogP contribution >= 0.6 is 0 Å². The second-order valence-electron chi connectivity index (χ2n) is 19.9. The molecule has 2 saturated heterocycles. The van der Waals surface area contributed by atoms with Crippen LogP contribution in [0.15, 0.2) is 60.9 Å². The Morgan fingerprint density at radius 2 is 0.954 bits per heavy atom. The average molecular weight is 896 g/mol. The summed E-state index contributed by atoms with van der Waals surface area (Å²) in [5.74, 6) is -4.15. The van der Waals surface area contributed by atoms with Gasteiger partial charge in [0.1, 0.15) is 42.5 Å². The van der Waals surface area contributed by atoms with E-state index in [-0.39, 0.29) is 31.1 Å². The lowest BCUT2D eigenvalue weighted by molar-refractivity contribution is -0.137. The summed E-state index contributed by atoms with van der Waals surface area (Å²) in [7, 11) is 0. The third-order valence-electron chi connectivity index (χ3n) is 12.4. The van der Waals surface area contributed by atoms with Gasteiger partial charge in [0.25, 0.3) is 0 Å². The molecular weight excluding hydrogens is 827 g/mol. The van der Waals surface area contributed by atoms with Crippen molar-refractivity contribution in [3.05, 3.63) is 72.1 Å². The molecule has 4 heterocycles. The molecule has 9 N–H and O–H groups in total. The standard InChI is InChI=1S/C49H69N9O7/c1-25(2)19-35-44(61)56-39(27(5)6)45(62)54-37(22-30-24-51-34-18-14-12-16-32(30)34)43(60)55-38(20-26(3)4)48-58-41(49(9,10)65-48)47(64)57-40(28(7)8)46(63)53-36(42(59)52-35)21-29-23-50-33-17-13-11-15-31(29)33/h11-18,23-28,35-41,48,50-51,58H,19-22H2,1-10H3,(H,52,59)(H,53,63)(H,54,62)(H,55,60)(H,56,61)(H,57,64)/t35-,36+,37-,38+,39+,40-,41-,48?/m1/s1. The van der Waals surface area contributed by atoms with Crippen molar-refractivity contribution in [3.8, 4) is 0 Å². The number of hydrogen-bond donors (Lipinski definition) is 9. The molecule has 0 radical (unpaired) electrons. The molecule has 2 aliphatic rings. The van der Waals surface area contributed by atoms with Gasteiger partial charge in [0, 0.05) is 47.0 Å². The van der Waals surface area contributed by atoms with E-state index < -0.39 is 101 Å². The number of rotatable bonds is 10. The van der Waals surface area contributed by atoms with Gasteiger partial charge in [-0.3, -0.25) is 34.1 Å². The average Bonchev–Trinajstić information content (AvgIpc) is 3.94. The SMILES string of the molecule is CC(C)C[C@@H]1NC(=O)[C@@H](Cc2c[nH]c3ccccc23)NC(=O)[C@H](C(C)C)NC(=O)[C@@H](CC(C)C)NC(=O)[C@H](Cc2c[nH]c3ccccc23)NC(=O)[C@@H](C(C)C)NC(=O)[C@H]2NC1OC2(C)C. The Morgan fingerprint density at radius 1 is 0.523 bits per heavy atom. The molecule has 2 fully saturated rings. The zero-order valence-electron chi connectivity index (χ0n) is 39.4. The minimum atomic E-state index is -1.17. The van der Waals surface area contributed by atoms with Crippen LogP contribution in [0.2, 0.25) is 0 Å². The van der Waals surface area contributed by atoms with Gasteiger partial charge in [-0.25, -0.2) is 0 Å². The van der Waals surface area contributed by atoms with Gasteiger partial charge < -0.3 is 46.6 Å². The van der Waals surface area contributed by atoms with Gasteiger partial charge in [0.15, 0.2) is 0 Å². The molecule has 6 rings (SSSR count). The Balaban J connectivity index is 1.41. The van der Waals surface area contributed by atoms with Crippen molar-refractivity contribution in [2.24, 2.45) is 23.7 Å². The minimum Gasteiger partial charge on any atom is -0.361 e. The second kappa shape index (κ2) is 20.6. The van der Waals surface area contributed by atoms with E-state index in [0.29, 0.717) is 6.42 Å². The summed E-state index contributed by atoms with van der Waals surface area (Å²) in [6.07, 6.45) is 3.64. The fourth-order valence-corrected chi connectivity index (χ4v) is 8.95. The van der Waals surface area contributed by atoms with Crippen molar-refractivity contribution in [1.29, 1.82) is 0 Å². The number of fused-ring (bicyclic) bond motifs is 4. The highest BCUT2D eigenvalue weighted by molar-refractivity contribution is 5.98. The van der Waals surface area contributed by atoms with Crippen molar-refractivity contribution >= 4 is 57.2 Å². The maximum absolute atomic E-state index is 14.7.